The Hall–Kier alpha value is -2.22. The number of tetrazole rings is 1. The molecule has 2 heterocycles. The number of amides is 1. The van der Waals surface area contributed by atoms with Gasteiger partial charge in [0.1, 0.15) is 6.54 Å². The molecule has 0 spiro atoms. The molecule has 2 N–H and O–H groups in total. The minimum absolute atomic E-state index is 0.0198. The molecule has 8 heteroatoms. The molecule has 0 aliphatic carbocycles. The van der Waals surface area contributed by atoms with Crippen LogP contribution in [0.5, 0.6) is 0 Å². The van der Waals surface area contributed by atoms with Crippen molar-refractivity contribution in [2.24, 2.45) is 5.92 Å². The van der Waals surface area contributed by atoms with Gasteiger partial charge in [0.2, 0.25) is 11.7 Å². The van der Waals surface area contributed by atoms with Crippen LogP contribution in [0.3, 0.4) is 0 Å². The maximum Gasteiger partial charge on any atom is 0.243 e. The van der Waals surface area contributed by atoms with Crippen LogP contribution in [-0.2, 0) is 11.3 Å². The summed E-state index contributed by atoms with van der Waals surface area (Å²) in [6, 6.07) is 3.43. The maximum atomic E-state index is 11.6. The van der Waals surface area contributed by atoms with Crippen molar-refractivity contribution in [2.75, 3.05) is 13.2 Å². The predicted octanol–water partition coefficient (Wildman–Crippen LogP) is -0.322. The number of nitrogens with one attached hydrogen (secondary N) is 1. The summed E-state index contributed by atoms with van der Waals surface area (Å²) in [5, 5.41) is 23.1. The van der Waals surface area contributed by atoms with E-state index in [1.165, 1.54) is 11.1 Å². The molecular formula is C11H15N5O3. The molecule has 0 radical (unpaired) electrons. The molecule has 0 aliphatic rings. The lowest BCUT2D eigenvalue weighted by Gasteiger charge is -2.08. The number of hydrogen-bond acceptors (Lipinski definition) is 6. The second-order valence-corrected chi connectivity index (χ2v) is 4.21. The predicted molar refractivity (Wildman–Crippen MR) is 64.8 cm³/mol. The molecule has 102 valence electrons. The Kier molecular flexibility index (Phi) is 4.24. The van der Waals surface area contributed by atoms with Gasteiger partial charge in [-0.2, -0.15) is 4.80 Å². The molecule has 2 rings (SSSR count). The second-order valence-electron chi connectivity index (χ2n) is 4.21. The summed E-state index contributed by atoms with van der Waals surface area (Å²) in [5.74, 6) is 0.622. The number of hydrogen-bond donors (Lipinski definition) is 2. The van der Waals surface area contributed by atoms with E-state index in [1.807, 2.05) is 6.92 Å². The molecule has 2 aromatic heterocycles. The van der Waals surface area contributed by atoms with Crippen LogP contribution in [0.15, 0.2) is 22.8 Å². The largest absolute Gasteiger partial charge is 0.461 e. The summed E-state index contributed by atoms with van der Waals surface area (Å²) >= 11 is 0. The summed E-state index contributed by atoms with van der Waals surface area (Å²) in [6.45, 7) is 2.26. The fourth-order valence-electron chi connectivity index (χ4n) is 1.35. The molecule has 0 bridgehead atoms. The van der Waals surface area contributed by atoms with Crippen LogP contribution in [-0.4, -0.2) is 44.4 Å². The number of rotatable bonds is 6. The van der Waals surface area contributed by atoms with Crippen molar-refractivity contribution in [1.82, 2.24) is 25.5 Å². The first-order valence-electron chi connectivity index (χ1n) is 5.88. The van der Waals surface area contributed by atoms with E-state index >= 15 is 0 Å². The lowest BCUT2D eigenvalue weighted by Crippen LogP contribution is -2.32. The molecule has 2 aromatic rings. The van der Waals surface area contributed by atoms with E-state index in [2.05, 4.69) is 20.7 Å². The molecule has 8 nitrogen and oxygen atoms in total. The number of carbonyl (C=O) groups excluding carboxylic acids is 1. The second kappa shape index (κ2) is 6.10. The lowest BCUT2D eigenvalue weighted by atomic mass is 10.2. The van der Waals surface area contributed by atoms with Gasteiger partial charge in [0.15, 0.2) is 5.76 Å². The van der Waals surface area contributed by atoms with Gasteiger partial charge in [0.05, 0.1) is 6.26 Å². The molecule has 1 amide bonds. The van der Waals surface area contributed by atoms with Gasteiger partial charge >= 0.3 is 0 Å². The van der Waals surface area contributed by atoms with E-state index in [0.29, 0.717) is 18.1 Å². The fraction of sp³-hybridized carbons (Fsp3) is 0.455. The summed E-state index contributed by atoms with van der Waals surface area (Å²) in [7, 11) is 0. The van der Waals surface area contributed by atoms with Crippen molar-refractivity contribution < 1.29 is 14.3 Å². The van der Waals surface area contributed by atoms with E-state index in [4.69, 9.17) is 9.52 Å². The van der Waals surface area contributed by atoms with Crippen LogP contribution in [0.4, 0.5) is 0 Å². The number of carbonyl (C=O) groups is 1. The summed E-state index contributed by atoms with van der Waals surface area (Å²) in [5.41, 5.74) is 0. The van der Waals surface area contributed by atoms with Gasteiger partial charge in [0, 0.05) is 13.2 Å². The first-order chi connectivity index (χ1) is 9.19. The van der Waals surface area contributed by atoms with E-state index in [0.717, 1.165) is 0 Å². The van der Waals surface area contributed by atoms with Crippen LogP contribution in [0, 0.1) is 5.92 Å². The van der Waals surface area contributed by atoms with E-state index in [9.17, 15) is 4.79 Å². The Morgan fingerprint density at radius 2 is 2.47 bits per heavy atom. The van der Waals surface area contributed by atoms with Crippen LogP contribution < -0.4 is 5.32 Å². The van der Waals surface area contributed by atoms with Crippen molar-refractivity contribution >= 4 is 5.91 Å². The molecular weight excluding hydrogens is 250 g/mol. The Morgan fingerprint density at radius 3 is 3.16 bits per heavy atom. The van der Waals surface area contributed by atoms with Crippen LogP contribution in [0.2, 0.25) is 0 Å². The summed E-state index contributed by atoms with van der Waals surface area (Å²) in [6.07, 6.45) is 1.51. The van der Waals surface area contributed by atoms with Crippen molar-refractivity contribution in [3.8, 4) is 11.6 Å². The molecule has 0 saturated heterocycles. The Morgan fingerprint density at radius 1 is 1.63 bits per heavy atom. The highest BCUT2D eigenvalue weighted by atomic mass is 16.3. The Labute approximate surface area is 109 Å². The number of aromatic nitrogens is 4. The molecule has 19 heavy (non-hydrogen) atoms. The van der Waals surface area contributed by atoms with Gasteiger partial charge in [-0.15, -0.1) is 10.2 Å². The number of furan rings is 1. The monoisotopic (exact) mass is 265 g/mol. The lowest BCUT2D eigenvalue weighted by molar-refractivity contribution is -0.122. The first kappa shape index (κ1) is 13.2. The molecule has 0 fully saturated rings. The molecule has 0 aromatic carbocycles. The third-order valence-corrected chi connectivity index (χ3v) is 2.44. The normalized spacial score (nSPS) is 12.3. The van der Waals surface area contributed by atoms with Gasteiger partial charge in [-0.25, -0.2) is 0 Å². The highest BCUT2D eigenvalue weighted by molar-refractivity contribution is 5.75. The minimum Gasteiger partial charge on any atom is -0.461 e. The number of aliphatic hydroxyl groups excluding tert-OH is 1. The Bertz CT molecular complexity index is 522. The van der Waals surface area contributed by atoms with Crippen molar-refractivity contribution in [3.05, 3.63) is 18.4 Å². The molecule has 0 aliphatic heterocycles. The van der Waals surface area contributed by atoms with Gasteiger partial charge in [-0.1, -0.05) is 6.92 Å². The minimum atomic E-state index is -0.233. The van der Waals surface area contributed by atoms with Crippen LogP contribution in [0.1, 0.15) is 6.92 Å². The van der Waals surface area contributed by atoms with Crippen molar-refractivity contribution in [2.45, 2.75) is 13.5 Å². The standard InChI is InChI=1S/C11H15N5O3/c1-8(7-17)5-12-10(18)6-16-14-11(13-15-16)9-3-2-4-19-9/h2-4,8,17H,5-7H2,1H3,(H,12,18). The van der Waals surface area contributed by atoms with Crippen molar-refractivity contribution in [3.63, 3.8) is 0 Å². The van der Waals surface area contributed by atoms with Gasteiger partial charge in [0.25, 0.3) is 0 Å². The third kappa shape index (κ3) is 3.62. The smallest absolute Gasteiger partial charge is 0.243 e. The average molecular weight is 265 g/mol. The zero-order valence-electron chi connectivity index (χ0n) is 10.5. The third-order valence-electron chi connectivity index (χ3n) is 2.44. The van der Waals surface area contributed by atoms with Gasteiger partial charge < -0.3 is 14.8 Å². The summed E-state index contributed by atoms with van der Waals surface area (Å²) in [4.78, 5) is 12.8. The van der Waals surface area contributed by atoms with Crippen molar-refractivity contribution in [1.29, 1.82) is 0 Å². The summed E-state index contributed by atoms with van der Waals surface area (Å²) < 4.78 is 5.12. The van der Waals surface area contributed by atoms with Gasteiger partial charge in [-0.3, -0.25) is 4.79 Å². The first-order valence-corrected chi connectivity index (χ1v) is 5.88. The fourth-order valence-corrected chi connectivity index (χ4v) is 1.35. The molecule has 0 saturated carbocycles. The van der Waals surface area contributed by atoms with Gasteiger partial charge in [-0.05, 0) is 23.3 Å². The van der Waals surface area contributed by atoms with E-state index in [1.54, 1.807) is 12.1 Å². The van der Waals surface area contributed by atoms with E-state index < -0.39 is 0 Å². The van der Waals surface area contributed by atoms with Crippen LogP contribution in [0.25, 0.3) is 11.6 Å². The quantitative estimate of drug-likeness (QED) is 0.741. The highest BCUT2D eigenvalue weighted by Crippen LogP contribution is 2.12. The topological polar surface area (TPSA) is 106 Å². The zero-order chi connectivity index (χ0) is 13.7. The average Bonchev–Trinajstić information content (AvgIpc) is 3.06. The Balaban J connectivity index is 1.88. The highest BCUT2D eigenvalue weighted by Gasteiger charge is 2.11. The molecule has 1 atom stereocenters. The SMILES string of the molecule is CC(CO)CNC(=O)Cn1nnc(-c2ccco2)n1. The van der Waals surface area contributed by atoms with Crippen LogP contribution >= 0.6 is 0 Å². The number of aliphatic hydroxyl groups is 1. The molecule has 1 unspecified atom stereocenters. The maximum absolute atomic E-state index is 11.6. The van der Waals surface area contributed by atoms with E-state index in [-0.39, 0.29) is 25.0 Å². The zero-order valence-corrected chi connectivity index (χ0v) is 10.5. The number of nitrogens with zero attached hydrogens (tertiary/aromatic N) is 4.